The molecule has 0 aliphatic carbocycles. The van der Waals surface area contributed by atoms with Crippen LogP contribution < -0.4 is 10.6 Å². The molecule has 8 heteroatoms. The third-order valence-corrected chi connectivity index (χ3v) is 19.6. The molecule has 0 aromatic heterocycles. The second-order valence-electron chi connectivity index (χ2n) is 22.1. The summed E-state index contributed by atoms with van der Waals surface area (Å²) in [5, 5.41) is 1.56. The zero-order valence-corrected chi connectivity index (χ0v) is 49.8. The first-order chi connectivity index (χ1) is 34.7. The molecule has 2 aromatic rings. The molecule has 0 radical (unpaired) electrons. The van der Waals surface area contributed by atoms with Gasteiger partial charge in [-0.05, 0) is 0 Å². The molecule has 2 aromatic carbocycles. The van der Waals surface area contributed by atoms with Gasteiger partial charge in [-0.25, -0.2) is 0 Å². The molecular weight excluding hydrogens is 915 g/mol. The fourth-order valence-electron chi connectivity index (χ4n) is 10.0. The second kappa shape index (κ2) is 44.2. The van der Waals surface area contributed by atoms with Crippen molar-refractivity contribution in [2.24, 2.45) is 0 Å². The fourth-order valence-corrected chi connectivity index (χ4v) is 13.8. The van der Waals surface area contributed by atoms with Crippen LogP contribution in [0.2, 0.25) is 0 Å². The van der Waals surface area contributed by atoms with Crippen molar-refractivity contribution in [2.75, 3.05) is 26.4 Å². The molecule has 0 saturated carbocycles. The predicted molar refractivity (Wildman–Crippen MR) is 317 cm³/mol. The van der Waals surface area contributed by atoms with Gasteiger partial charge in [-0.1, -0.05) is 27.7 Å². The molecule has 0 heterocycles. The topological polar surface area (TPSA) is 77.4 Å². The Hall–Kier alpha value is -0.940. The normalized spacial score (nSPS) is 12.8. The summed E-state index contributed by atoms with van der Waals surface area (Å²) < 4.78 is 26.9. The average Bonchev–Trinajstić information content (AvgIpc) is 3.38. The summed E-state index contributed by atoms with van der Waals surface area (Å²) in [6.45, 7) is 16.0. The SMILES string of the molecule is CCCCCCCCCCCCO[PH](O)(O)c1ccc(C(C)(C)c2ccc([PH](OCCCCCCCCCCCC)(OCCCCCCCCCCCC)OCCCCCCCCCCCC)cc2)cc1. The van der Waals surface area contributed by atoms with Gasteiger partial charge in [0.1, 0.15) is 0 Å². The summed E-state index contributed by atoms with van der Waals surface area (Å²) in [5.41, 5.74) is 1.98. The second-order valence-corrected chi connectivity index (χ2v) is 26.7. The molecule has 0 bridgehead atoms. The van der Waals surface area contributed by atoms with Crippen molar-refractivity contribution in [3.8, 4) is 0 Å². The van der Waals surface area contributed by atoms with Gasteiger partial charge >= 0.3 is 417 Å². The first-order valence-corrected chi connectivity index (χ1v) is 34.4. The van der Waals surface area contributed by atoms with Crippen molar-refractivity contribution in [3.63, 3.8) is 0 Å². The molecule has 2 rings (SSSR count). The zero-order chi connectivity index (χ0) is 51.4. The average molecular weight is 1030 g/mol. The molecule has 0 unspecified atom stereocenters. The van der Waals surface area contributed by atoms with E-state index in [4.69, 9.17) is 18.1 Å². The molecule has 0 spiro atoms. The van der Waals surface area contributed by atoms with Crippen molar-refractivity contribution >= 4 is 26.5 Å². The van der Waals surface area contributed by atoms with Crippen LogP contribution in [0.25, 0.3) is 0 Å². The van der Waals surface area contributed by atoms with E-state index in [-0.39, 0.29) is 5.41 Å². The Morgan fingerprint density at radius 1 is 0.296 bits per heavy atom. The van der Waals surface area contributed by atoms with Crippen molar-refractivity contribution in [3.05, 3.63) is 59.7 Å². The summed E-state index contributed by atoms with van der Waals surface area (Å²) >= 11 is 0. The van der Waals surface area contributed by atoms with Gasteiger partial charge < -0.3 is 0 Å². The molecule has 2 N–H and O–H groups in total. The number of hydrogen-bond donors (Lipinski definition) is 2. The minimum atomic E-state index is -3.99. The van der Waals surface area contributed by atoms with Crippen molar-refractivity contribution < 1.29 is 27.9 Å². The van der Waals surface area contributed by atoms with Crippen LogP contribution in [0.3, 0.4) is 0 Å². The summed E-state index contributed by atoms with van der Waals surface area (Å²) in [7, 11) is -7.22. The first kappa shape index (κ1) is 66.2. The number of hydrogen-bond acceptors (Lipinski definition) is 6. The Kier molecular flexibility index (Phi) is 41.2. The van der Waals surface area contributed by atoms with Gasteiger partial charge in [0, 0.05) is 0 Å². The van der Waals surface area contributed by atoms with E-state index in [1.54, 1.807) is 0 Å². The Balaban J connectivity index is 2.15. The quantitative estimate of drug-likeness (QED) is 0.0508. The van der Waals surface area contributed by atoms with E-state index < -0.39 is 15.9 Å². The maximum absolute atomic E-state index is 11.1. The van der Waals surface area contributed by atoms with Crippen LogP contribution in [0.1, 0.15) is 310 Å². The fraction of sp³-hybridized carbons (Fsp3) is 0.810. The van der Waals surface area contributed by atoms with Gasteiger partial charge in [0.15, 0.2) is 0 Å². The molecule has 6 nitrogen and oxygen atoms in total. The van der Waals surface area contributed by atoms with Gasteiger partial charge in [0.25, 0.3) is 0 Å². The molecule has 0 atom stereocenters. The first-order valence-electron chi connectivity index (χ1n) is 30.9. The number of rotatable bonds is 52. The summed E-state index contributed by atoms with van der Waals surface area (Å²) in [5.74, 6) is 0. The van der Waals surface area contributed by atoms with Gasteiger partial charge in [0.2, 0.25) is 0 Å². The molecule has 0 saturated heterocycles. The van der Waals surface area contributed by atoms with E-state index in [9.17, 15) is 9.79 Å². The maximum atomic E-state index is 11.1. The molecule has 416 valence electrons. The Bertz CT molecular complexity index is 1380. The van der Waals surface area contributed by atoms with E-state index in [1.165, 1.54) is 230 Å². The summed E-state index contributed by atoms with van der Waals surface area (Å²) in [6.07, 6.45) is 51.2. The van der Waals surface area contributed by atoms with Gasteiger partial charge in [0.05, 0.1) is 0 Å². The van der Waals surface area contributed by atoms with Crippen LogP contribution >= 0.6 is 15.9 Å². The van der Waals surface area contributed by atoms with Gasteiger partial charge in [-0.15, -0.1) is 0 Å². The van der Waals surface area contributed by atoms with E-state index in [2.05, 4.69) is 65.8 Å². The van der Waals surface area contributed by atoms with Crippen molar-refractivity contribution in [1.29, 1.82) is 0 Å². The van der Waals surface area contributed by atoms with E-state index >= 15 is 0 Å². The third kappa shape index (κ3) is 31.6. The minimum absolute atomic E-state index is 0.322. The van der Waals surface area contributed by atoms with Crippen molar-refractivity contribution in [2.45, 2.75) is 304 Å². The molecule has 0 amide bonds. The Morgan fingerprint density at radius 2 is 0.507 bits per heavy atom. The van der Waals surface area contributed by atoms with E-state index in [1.807, 2.05) is 24.3 Å². The monoisotopic (exact) mass is 1030 g/mol. The Labute approximate surface area is 442 Å². The molecule has 0 aliphatic heterocycles. The Morgan fingerprint density at radius 3 is 0.761 bits per heavy atom. The van der Waals surface area contributed by atoms with Crippen LogP contribution in [-0.2, 0) is 23.5 Å². The number of benzene rings is 2. The third-order valence-electron chi connectivity index (χ3n) is 15.1. The summed E-state index contributed by atoms with van der Waals surface area (Å²) in [6, 6.07) is 16.8. The van der Waals surface area contributed by atoms with Gasteiger partial charge in [-0.2, -0.15) is 0 Å². The van der Waals surface area contributed by atoms with Crippen LogP contribution in [0.5, 0.6) is 0 Å². The van der Waals surface area contributed by atoms with E-state index in [0.29, 0.717) is 31.7 Å². The predicted octanol–water partition coefficient (Wildman–Crippen LogP) is 20.0. The van der Waals surface area contributed by atoms with Crippen LogP contribution in [0, 0.1) is 0 Å². The van der Waals surface area contributed by atoms with Gasteiger partial charge in [-0.3, -0.25) is 0 Å². The summed E-state index contributed by atoms with van der Waals surface area (Å²) in [4.78, 5) is 22.1. The molecule has 0 fully saturated rings. The van der Waals surface area contributed by atoms with Crippen LogP contribution in [0.15, 0.2) is 48.5 Å². The molecule has 0 aliphatic rings. The van der Waals surface area contributed by atoms with Crippen LogP contribution in [-0.4, -0.2) is 36.2 Å². The van der Waals surface area contributed by atoms with Crippen LogP contribution in [0.4, 0.5) is 0 Å². The van der Waals surface area contributed by atoms with E-state index in [0.717, 1.165) is 43.0 Å². The number of unbranched alkanes of at least 4 members (excludes halogenated alkanes) is 36. The molecule has 71 heavy (non-hydrogen) atoms. The zero-order valence-electron chi connectivity index (χ0n) is 47.8. The molecular formula is C63H118O6P2. The standard InChI is InChI=1S/C63H118O6P2/c1-7-11-15-19-23-27-31-35-39-43-55-66-70(64,65)61-51-47-59(48-52-61)63(5,6)60-49-53-62(54-50-60)71(67-56-44-40-36-32-28-24-20-16-12-8-2,68-57-45-41-37-33-29-25-21-17-13-9-3)69-58-46-42-38-34-30-26-22-18-14-10-4/h47-54,64-65,70-71H,7-46,55-58H2,1-6H3. The van der Waals surface area contributed by atoms with Crippen molar-refractivity contribution in [1.82, 2.24) is 0 Å².